The van der Waals surface area contributed by atoms with E-state index in [0.29, 0.717) is 24.7 Å². The quantitative estimate of drug-likeness (QED) is 0.677. The van der Waals surface area contributed by atoms with Crippen molar-refractivity contribution in [1.82, 2.24) is 15.1 Å². The molecule has 1 aromatic carbocycles. The van der Waals surface area contributed by atoms with Crippen LogP contribution in [0.15, 0.2) is 24.3 Å². The molecule has 0 fully saturated rings. The van der Waals surface area contributed by atoms with Gasteiger partial charge in [0.05, 0.1) is 19.8 Å². The first-order valence-electron chi connectivity index (χ1n) is 8.87. The molecule has 0 aliphatic heterocycles. The minimum atomic E-state index is -0.514. The Labute approximate surface area is 158 Å². The van der Waals surface area contributed by atoms with Crippen LogP contribution in [-0.4, -0.2) is 41.5 Å². The Morgan fingerprint density at radius 2 is 1.74 bits per heavy atom. The van der Waals surface area contributed by atoms with Gasteiger partial charge in [-0.1, -0.05) is 6.07 Å². The highest BCUT2D eigenvalue weighted by atomic mass is 16.5. The fourth-order valence-electron chi connectivity index (χ4n) is 2.45. The van der Waals surface area contributed by atoms with Crippen LogP contribution in [0, 0.1) is 0 Å². The lowest BCUT2D eigenvalue weighted by Gasteiger charge is -2.12. The first-order chi connectivity index (χ1) is 13.0. The Morgan fingerprint density at radius 1 is 1.04 bits per heavy atom. The average Bonchev–Trinajstić information content (AvgIpc) is 3.04. The van der Waals surface area contributed by atoms with Crippen molar-refractivity contribution in [2.24, 2.45) is 7.05 Å². The molecule has 0 unspecified atom stereocenters. The highest BCUT2D eigenvalue weighted by Crippen LogP contribution is 2.28. The zero-order valence-corrected chi connectivity index (χ0v) is 16.1. The van der Waals surface area contributed by atoms with E-state index in [4.69, 9.17) is 14.2 Å². The third-order valence-corrected chi connectivity index (χ3v) is 3.66. The topological polar surface area (TPSA) is 91.7 Å². The largest absolute Gasteiger partial charge is 0.490 e. The SMILES string of the molecule is CCOC(=O)c1cc(C(=O)NCc2ccc(OCC)c(OCC)c2)nn1C. The first kappa shape index (κ1) is 20.3. The minimum Gasteiger partial charge on any atom is -0.490 e. The number of hydrogen-bond donors (Lipinski definition) is 1. The van der Waals surface area contributed by atoms with Crippen molar-refractivity contribution >= 4 is 11.9 Å². The van der Waals surface area contributed by atoms with Gasteiger partial charge in [-0.2, -0.15) is 5.10 Å². The van der Waals surface area contributed by atoms with Gasteiger partial charge in [-0.15, -0.1) is 0 Å². The summed E-state index contributed by atoms with van der Waals surface area (Å²) in [5.74, 6) is 0.402. The van der Waals surface area contributed by atoms with Crippen LogP contribution in [0.4, 0.5) is 0 Å². The predicted molar refractivity (Wildman–Crippen MR) is 99.1 cm³/mol. The van der Waals surface area contributed by atoms with E-state index < -0.39 is 5.97 Å². The van der Waals surface area contributed by atoms with E-state index in [0.717, 1.165) is 5.56 Å². The van der Waals surface area contributed by atoms with Crippen molar-refractivity contribution in [3.63, 3.8) is 0 Å². The van der Waals surface area contributed by atoms with Crippen LogP contribution >= 0.6 is 0 Å². The Hall–Kier alpha value is -3.03. The highest BCUT2D eigenvalue weighted by molar-refractivity contribution is 5.96. The second-order valence-corrected chi connectivity index (χ2v) is 5.59. The van der Waals surface area contributed by atoms with E-state index in [1.165, 1.54) is 10.7 Å². The van der Waals surface area contributed by atoms with Gasteiger partial charge < -0.3 is 19.5 Å². The second-order valence-electron chi connectivity index (χ2n) is 5.59. The molecule has 0 atom stereocenters. The van der Waals surface area contributed by atoms with Crippen molar-refractivity contribution in [1.29, 1.82) is 0 Å². The molecule has 1 N–H and O–H groups in total. The van der Waals surface area contributed by atoms with Crippen molar-refractivity contribution in [3.05, 3.63) is 41.2 Å². The number of esters is 1. The summed E-state index contributed by atoms with van der Waals surface area (Å²) in [6.45, 7) is 7.12. The number of ether oxygens (including phenoxy) is 3. The molecule has 0 radical (unpaired) electrons. The van der Waals surface area contributed by atoms with Crippen LogP contribution in [0.3, 0.4) is 0 Å². The zero-order chi connectivity index (χ0) is 19.8. The molecular formula is C19H25N3O5. The lowest BCUT2D eigenvalue weighted by Crippen LogP contribution is -2.23. The lowest BCUT2D eigenvalue weighted by atomic mass is 10.2. The van der Waals surface area contributed by atoms with Gasteiger partial charge in [0.2, 0.25) is 0 Å². The Balaban J connectivity index is 2.06. The summed E-state index contributed by atoms with van der Waals surface area (Å²) < 4.78 is 17.4. The smallest absolute Gasteiger partial charge is 0.356 e. The van der Waals surface area contributed by atoms with Crippen molar-refractivity contribution < 1.29 is 23.8 Å². The number of amides is 1. The second kappa shape index (κ2) is 9.61. The molecule has 0 aliphatic rings. The van der Waals surface area contributed by atoms with Gasteiger partial charge in [-0.25, -0.2) is 4.79 Å². The maximum atomic E-state index is 12.3. The van der Waals surface area contributed by atoms with E-state index in [1.54, 1.807) is 14.0 Å². The molecule has 27 heavy (non-hydrogen) atoms. The van der Waals surface area contributed by atoms with Gasteiger partial charge in [-0.3, -0.25) is 9.48 Å². The number of aromatic nitrogens is 2. The standard InChI is InChI=1S/C19H25N3O5/c1-5-25-16-9-8-13(10-17(16)26-6-2)12-20-18(23)14-11-15(22(4)21-14)19(24)27-7-3/h8-11H,5-7,12H2,1-4H3,(H,20,23). The molecule has 2 aromatic rings. The molecule has 0 bridgehead atoms. The average molecular weight is 375 g/mol. The number of aryl methyl sites for hydroxylation is 1. The third-order valence-electron chi connectivity index (χ3n) is 3.66. The summed E-state index contributed by atoms with van der Waals surface area (Å²) in [6, 6.07) is 6.92. The molecule has 0 aliphatic carbocycles. The summed E-state index contributed by atoms with van der Waals surface area (Å²) in [6.07, 6.45) is 0. The van der Waals surface area contributed by atoms with Crippen LogP contribution in [0.2, 0.25) is 0 Å². The third kappa shape index (κ3) is 5.22. The van der Waals surface area contributed by atoms with Gasteiger partial charge in [0.15, 0.2) is 17.2 Å². The summed E-state index contributed by atoms with van der Waals surface area (Å²) >= 11 is 0. The number of carbonyl (C=O) groups excluding carboxylic acids is 2. The van der Waals surface area contributed by atoms with Gasteiger partial charge in [0.1, 0.15) is 5.69 Å². The first-order valence-corrected chi connectivity index (χ1v) is 8.87. The number of benzene rings is 1. The molecule has 0 saturated carbocycles. The van der Waals surface area contributed by atoms with E-state index in [-0.39, 0.29) is 30.4 Å². The molecular weight excluding hydrogens is 350 g/mol. The monoisotopic (exact) mass is 375 g/mol. The fraction of sp³-hybridized carbons (Fsp3) is 0.421. The molecule has 146 valence electrons. The molecule has 8 nitrogen and oxygen atoms in total. The van der Waals surface area contributed by atoms with Crippen molar-refractivity contribution in [2.75, 3.05) is 19.8 Å². The van der Waals surface area contributed by atoms with Gasteiger partial charge in [-0.05, 0) is 38.5 Å². The van der Waals surface area contributed by atoms with E-state index >= 15 is 0 Å². The number of nitrogens with zero attached hydrogens (tertiary/aromatic N) is 2. The van der Waals surface area contributed by atoms with Crippen LogP contribution < -0.4 is 14.8 Å². The molecule has 8 heteroatoms. The Kier molecular flexibility index (Phi) is 7.22. The van der Waals surface area contributed by atoms with Gasteiger partial charge in [0, 0.05) is 19.7 Å². The molecule has 1 amide bonds. The van der Waals surface area contributed by atoms with Crippen molar-refractivity contribution in [3.8, 4) is 11.5 Å². The molecule has 1 heterocycles. The maximum absolute atomic E-state index is 12.3. The van der Waals surface area contributed by atoms with Crippen LogP contribution in [0.25, 0.3) is 0 Å². The lowest BCUT2D eigenvalue weighted by molar-refractivity contribution is 0.0513. The Bertz CT molecular complexity index is 801. The van der Waals surface area contributed by atoms with Crippen molar-refractivity contribution in [2.45, 2.75) is 27.3 Å². The van der Waals surface area contributed by atoms with Gasteiger partial charge in [0.25, 0.3) is 5.91 Å². The van der Waals surface area contributed by atoms with Gasteiger partial charge >= 0.3 is 5.97 Å². The van der Waals surface area contributed by atoms with E-state index in [1.807, 2.05) is 32.0 Å². The summed E-state index contributed by atoms with van der Waals surface area (Å²) in [5, 5.41) is 6.85. The molecule has 2 rings (SSSR count). The number of nitrogens with one attached hydrogen (secondary N) is 1. The normalized spacial score (nSPS) is 10.4. The molecule has 0 saturated heterocycles. The summed E-state index contributed by atoms with van der Waals surface area (Å²) in [4.78, 5) is 24.2. The predicted octanol–water partition coefficient (Wildman–Crippen LogP) is 2.32. The van der Waals surface area contributed by atoms with E-state index in [9.17, 15) is 9.59 Å². The highest BCUT2D eigenvalue weighted by Gasteiger charge is 2.18. The number of hydrogen-bond acceptors (Lipinski definition) is 6. The molecule has 1 aromatic heterocycles. The van der Waals surface area contributed by atoms with Crippen LogP contribution in [0.5, 0.6) is 11.5 Å². The fourth-order valence-corrected chi connectivity index (χ4v) is 2.45. The van der Waals surface area contributed by atoms with Crippen LogP contribution in [-0.2, 0) is 18.3 Å². The summed E-state index contributed by atoms with van der Waals surface area (Å²) in [7, 11) is 1.59. The maximum Gasteiger partial charge on any atom is 0.356 e. The minimum absolute atomic E-state index is 0.150. The van der Waals surface area contributed by atoms with Crippen LogP contribution in [0.1, 0.15) is 47.3 Å². The zero-order valence-electron chi connectivity index (χ0n) is 16.1. The Morgan fingerprint density at radius 3 is 2.41 bits per heavy atom. The number of rotatable bonds is 9. The number of carbonyl (C=O) groups is 2. The molecule has 0 spiro atoms. The summed E-state index contributed by atoms with van der Waals surface area (Å²) in [5.41, 5.74) is 1.23. The van der Waals surface area contributed by atoms with E-state index in [2.05, 4.69) is 10.4 Å².